The fourth-order valence-corrected chi connectivity index (χ4v) is 1.31. The van der Waals surface area contributed by atoms with E-state index in [1.807, 2.05) is 0 Å². The Kier molecular flexibility index (Phi) is 3.29. The maximum atomic E-state index is 11.0. The van der Waals surface area contributed by atoms with E-state index in [9.17, 15) is 9.59 Å². The van der Waals surface area contributed by atoms with E-state index >= 15 is 0 Å². The Morgan fingerprint density at radius 1 is 1.50 bits per heavy atom. The van der Waals surface area contributed by atoms with Crippen molar-refractivity contribution in [3.8, 4) is 11.8 Å². The van der Waals surface area contributed by atoms with Crippen LogP contribution in [0.3, 0.4) is 0 Å². The van der Waals surface area contributed by atoms with Crippen molar-refractivity contribution in [1.82, 2.24) is 5.32 Å². The summed E-state index contributed by atoms with van der Waals surface area (Å²) in [5.41, 5.74) is 0. The minimum absolute atomic E-state index is 0.204. The number of carbonyl (C=O) groups is 2. The highest BCUT2D eigenvalue weighted by atomic mass is 16.4. The van der Waals surface area contributed by atoms with Crippen LogP contribution >= 0.6 is 0 Å². The molecule has 2 unspecified atom stereocenters. The van der Waals surface area contributed by atoms with Crippen molar-refractivity contribution in [2.45, 2.75) is 19.4 Å². The fraction of sp³-hybridized carbons (Fsp3) is 0.400. The number of carboxylic acid groups (broad SMARTS) is 1. The van der Waals surface area contributed by atoms with Gasteiger partial charge in [-0.1, -0.05) is 18.1 Å². The number of carbonyl (C=O) groups excluding carboxylic acids is 1. The highest BCUT2D eigenvalue weighted by molar-refractivity contribution is 5.93. The van der Waals surface area contributed by atoms with Gasteiger partial charge in [0.05, 0.1) is 5.92 Å². The summed E-state index contributed by atoms with van der Waals surface area (Å²) < 4.78 is 0. The van der Waals surface area contributed by atoms with Crippen molar-refractivity contribution in [3.05, 3.63) is 12.2 Å². The maximum Gasteiger partial charge on any atom is 0.310 e. The van der Waals surface area contributed by atoms with Gasteiger partial charge in [0.15, 0.2) is 0 Å². The largest absolute Gasteiger partial charge is 0.481 e. The average molecular weight is 193 g/mol. The lowest BCUT2D eigenvalue weighted by atomic mass is 10.1. The lowest BCUT2D eigenvalue weighted by molar-refractivity contribution is -0.140. The zero-order valence-corrected chi connectivity index (χ0v) is 7.78. The summed E-state index contributed by atoms with van der Waals surface area (Å²) in [5, 5.41) is 11.3. The standard InChI is InChI=1S/C10H11NO3/c1-2-3-9(12)11-8-5-4-7(6-8)10(13)14/h4-5,7-8H,6H2,1H3,(H,11,12)(H,13,14). The van der Waals surface area contributed by atoms with Crippen LogP contribution in [0, 0.1) is 17.8 Å². The molecule has 4 heteroatoms. The monoisotopic (exact) mass is 193 g/mol. The lowest BCUT2D eigenvalue weighted by Gasteiger charge is -2.08. The molecular formula is C10H11NO3. The predicted molar refractivity (Wildman–Crippen MR) is 50.3 cm³/mol. The van der Waals surface area contributed by atoms with E-state index in [0.717, 1.165) is 0 Å². The minimum Gasteiger partial charge on any atom is -0.481 e. The zero-order valence-electron chi connectivity index (χ0n) is 7.78. The van der Waals surface area contributed by atoms with E-state index in [2.05, 4.69) is 17.2 Å². The van der Waals surface area contributed by atoms with Gasteiger partial charge in [-0.3, -0.25) is 9.59 Å². The molecule has 0 bridgehead atoms. The second-order valence-electron chi connectivity index (χ2n) is 3.02. The van der Waals surface area contributed by atoms with Gasteiger partial charge in [0.1, 0.15) is 0 Å². The second kappa shape index (κ2) is 4.47. The molecule has 4 nitrogen and oxygen atoms in total. The van der Waals surface area contributed by atoms with Crippen molar-refractivity contribution < 1.29 is 14.7 Å². The van der Waals surface area contributed by atoms with Crippen LogP contribution < -0.4 is 5.32 Å². The topological polar surface area (TPSA) is 66.4 Å². The first-order chi connectivity index (χ1) is 6.63. The van der Waals surface area contributed by atoms with Gasteiger partial charge in [0.25, 0.3) is 5.91 Å². The van der Waals surface area contributed by atoms with Crippen molar-refractivity contribution in [1.29, 1.82) is 0 Å². The van der Waals surface area contributed by atoms with Crippen molar-refractivity contribution >= 4 is 11.9 Å². The van der Waals surface area contributed by atoms with Crippen LogP contribution in [0.1, 0.15) is 13.3 Å². The Bertz CT molecular complexity index is 335. The Hall–Kier alpha value is -1.76. The van der Waals surface area contributed by atoms with Crippen molar-refractivity contribution in [3.63, 3.8) is 0 Å². The number of carboxylic acids is 1. The quantitative estimate of drug-likeness (QED) is 0.484. The number of rotatable bonds is 2. The molecule has 1 aliphatic rings. The molecule has 14 heavy (non-hydrogen) atoms. The van der Waals surface area contributed by atoms with Crippen LogP contribution in [-0.2, 0) is 9.59 Å². The lowest BCUT2D eigenvalue weighted by Crippen LogP contribution is -2.32. The highest BCUT2D eigenvalue weighted by Crippen LogP contribution is 2.17. The van der Waals surface area contributed by atoms with Crippen LogP contribution in [0.15, 0.2) is 12.2 Å². The molecule has 74 valence electrons. The Balaban J connectivity index is 2.44. The Morgan fingerprint density at radius 3 is 2.71 bits per heavy atom. The number of amides is 1. The number of hydrogen-bond acceptors (Lipinski definition) is 2. The van der Waals surface area contributed by atoms with Gasteiger partial charge < -0.3 is 10.4 Å². The predicted octanol–water partition coefficient (Wildman–Crippen LogP) is 0.155. The molecule has 1 amide bonds. The summed E-state index contributed by atoms with van der Waals surface area (Å²) in [6.07, 6.45) is 3.69. The van der Waals surface area contributed by atoms with E-state index in [0.29, 0.717) is 6.42 Å². The van der Waals surface area contributed by atoms with Crippen LogP contribution in [0.5, 0.6) is 0 Å². The number of nitrogens with one attached hydrogen (secondary N) is 1. The molecule has 0 fully saturated rings. The minimum atomic E-state index is -0.862. The molecule has 0 heterocycles. The summed E-state index contributed by atoms with van der Waals surface area (Å²) in [4.78, 5) is 21.6. The zero-order chi connectivity index (χ0) is 10.6. The summed E-state index contributed by atoms with van der Waals surface area (Å²) in [6, 6.07) is -0.204. The second-order valence-corrected chi connectivity index (χ2v) is 3.02. The third kappa shape index (κ3) is 2.63. The van der Waals surface area contributed by atoms with Crippen molar-refractivity contribution in [2.24, 2.45) is 5.92 Å². The van der Waals surface area contributed by atoms with Crippen molar-refractivity contribution in [2.75, 3.05) is 0 Å². The van der Waals surface area contributed by atoms with Gasteiger partial charge in [-0.25, -0.2) is 0 Å². The van der Waals surface area contributed by atoms with E-state index in [1.165, 1.54) is 0 Å². The molecule has 0 saturated carbocycles. The van der Waals surface area contributed by atoms with Crippen LogP contribution in [0.2, 0.25) is 0 Å². The highest BCUT2D eigenvalue weighted by Gasteiger charge is 2.24. The Morgan fingerprint density at radius 2 is 2.21 bits per heavy atom. The van der Waals surface area contributed by atoms with E-state index in [1.54, 1.807) is 19.1 Å². The molecule has 2 N–H and O–H groups in total. The van der Waals surface area contributed by atoms with Gasteiger partial charge in [-0.15, -0.1) is 0 Å². The average Bonchev–Trinajstić information content (AvgIpc) is 2.53. The summed E-state index contributed by atoms with van der Waals surface area (Å²) in [6.45, 7) is 1.57. The van der Waals surface area contributed by atoms with Gasteiger partial charge in [-0.05, 0) is 19.3 Å². The number of aliphatic carboxylic acids is 1. The van der Waals surface area contributed by atoms with Gasteiger partial charge in [0.2, 0.25) is 0 Å². The molecule has 1 aliphatic carbocycles. The van der Waals surface area contributed by atoms with Crippen LogP contribution in [-0.4, -0.2) is 23.0 Å². The van der Waals surface area contributed by atoms with Crippen LogP contribution in [0.4, 0.5) is 0 Å². The van der Waals surface area contributed by atoms with Crippen LogP contribution in [0.25, 0.3) is 0 Å². The van der Waals surface area contributed by atoms with E-state index in [-0.39, 0.29) is 11.9 Å². The molecular weight excluding hydrogens is 182 g/mol. The van der Waals surface area contributed by atoms with E-state index in [4.69, 9.17) is 5.11 Å². The van der Waals surface area contributed by atoms with Gasteiger partial charge >= 0.3 is 5.97 Å². The smallest absolute Gasteiger partial charge is 0.310 e. The third-order valence-corrected chi connectivity index (χ3v) is 1.96. The molecule has 0 spiro atoms. The number of hydrogen-bond donors (Lipinski definition) is 2. The molecule has 0 radical (unpaired) electrons. The first-order valence-corrected chi connectivity index (χ1v) is 4.28. The first kappa shape index (κ1) is 10.3. The maximum absolute atomic E-state index is 11.0. The summed E-state index contributed by atoms with van der Waals surface area (Å²) in [5.74, 6) is 3.09. The normalized spacial score (nSPS) is 23.8. The molecule has 2 atom stereocenters. The van der Waals surface area contributed by atoms with E-state index < -0.39 is 11.9 Å². The fourth-order valence-electron chi connectivity index (χ4n) is 1.31. The third-order valence-electron chi connectivity index (χ3n) is 1.96. The SMILES string of the molecule is CC#CC(=O)NC1C=CC(C(=O)O)C1. The first-order valence-electron chi connectivity index (χ1n) is 4.28. The Labute approximate surface area is 82.0 Å². The molecule has 0 aromatic heterocycles. The molecule has 0 aliphatic heterocycles. The molecule has 0 aromatic rings. The molecule has 1 rings (SSSR count). The summed E-state index contributed by atoms with van der Waals surface area (Å²) >= 11 is 0. The molecule has 0 aromatic carbocycles. The van der Waals surface area contributed by atoms with Gasteiger partial charge in [-0.2, -0.15) is 0 Å². The molecule has 0 saturated heterocycles. The van der Waals surface area contributed by atoms with Gasteiger partial charge in [0, 0.05) is 6.04 Å². The summed E-state index contributed by atoms with van der Waals surface area (Å²) in [7, 11) is 0.